The third-order valence-corrected chi connectivity index (χ3v) is 5.43. The molecule has 3 rings (SSSR count). The van der Waals surface area contributed by atoms with Crippen LogP contribution in [-0.2, 0) is 11.0 Å². The van der Waals surface area contributed by atoms with Crippen LogP contribution >= 0.6 is 15.9 Å². The highest BCUT2D eigenvalue weighted by molar-refractivity contribution is 9.10. The van der Waals surface area contributed by atoms with Gasteiger partial charge in [0.2, 0.25) is 5.91 Å². The van der Waals surface area contributed by atoms with Crippen molar-refractivity contribution in [2.45, 2.75) is 6.18 Å². The lowest BCUT2D eigenvalue weighted by atomic mass is 10.1. The van der Waals surface area contributed by atoms with Crippen LogP contribution < -0.4 is 4.74 Å². The fourth-order valence-electron chi connectivity index (χ4n) is 3.32. The van der Waals surface area contributed by atoms with E-state index in [2.05, 4.69) is 15.9 Å². The van der Waals surface area contributed by atoms with Gasteiger partial charge in [0.1, 0.15) is 5.75 Å². The second-order valence-electron chi connectivity index (χ2n) is 6.88. The van der Waals surface area contributed by atoms with Crippen LogP contribution in [0.3, 0.4) is 0 Å². The van der Waals surface area contributed by atoms with Gasteiger partial charge in [-0.15, -0.1) is 0 Å². The standard InChI is InChI=1S/C22H20BrF3N2O3/c1-31-19-8-7-16(23)14-15(19)6-9-20(29)27-10-12-28(13-11-27)21(30)17-4-2-3-5-18(17)22(24,25)26/h2-9,14H,10-13H2,1H3/b9-6+. The number of alkyl halides is 3. The predicted octanol–water partition coefficient (Wildman–Crippen LogP) is 4.47. The highest BCUT2D eigenvalue weighted by atomic mass is 79.9. The van der Waals surface area contributed by atoms with E-state index in [0.29, 0.717) is 5.75 Å². The number of nitrogens with zero attached hydrogens (tertiary/aromatic N) is 2. The first-order chi connectivity index (χ1) is 14.7. The molecular weight excluding hydrogens is 477 g/mol. The number of methoxy groups -OCH3 is 1. The first-order valence-electron chi connectivity index (χ1n) is 9.46. The van der Waals surface area contributed by atoms with E-state index in [1.807, 2.05) is 12.1 Å². The summed E-state index contributed by atoms with van der Waals surface area (Å²) in [5.41, 5.74) is -0.608. The Morgan fingerprint density at radius 3 is 2.32 bits per heavy atom. The number of carbonyl (C=O) groups is 2. The monoisotopic (exact) mass is 496 g/mol. The quantitative estimate of drug-likeness (QED) is 0.586. The topological polar surface area (TPSA) is 49.9 Å². The summed E-state index contributed by atoms with van der Waals surface area (Å²) in [5, 5.41) is 0. The Hall–Kier alpha value is -2.81. The van der Waals surface area contributed by atoms with Crippen molar-refractivity contribution >= 4 is 33.8 Å². The van der Waals surface area contributed by atoms with Crippen LogP contribution in [0.2, 0.25) is 0 Å². The molecule has 0 spiro atoms. The smallest absolute Gasteiger partial charge is 0.417 e. The van der Waals surface area contributed by atoms with E-state index in [-0.39, 0.29) is 37.6 Å². The Morgan fingerprint density at radius 2 is 1.68 bits per heavy atom. The number of halogens is 4. The van der Waals surface area contributed by atoms with E-state index in [1.165, 1.54) is 36.3 Å². The predicted molar refractivity (Wildman–Crippen MR) is 114 cm³/mol. The van der Waals surface area contributed by atoms with Crippen molar-refractivity contribution in [1.29, 1.82) is 0 Å². The van der Waals surface area contributed by atoms with Gasteiger partial charge in [-0.2, -0.15) is 13.2 Å². The van der Waals surface area contributed by atoms with E-state index in [9.17, 15) is 22.8 Å². The minimum absolute atomic E-state index is 0.158. The molecule has 9 heteroatoms. The number of ether oxygens (including phenoxy) is 1. The molecule has 1 heterocycles. The van der Waals surface area contributed by atoms with Crippen molar-refractivity contribution in [3.05, 3.63) is 69.7 Å². The largest absolute Gasteiger partial charge is 0.496 e. The first kappa shape index (κ1) is 22.9. The molecule has 0 N–H and O–H groups in total. The third-order valence-electron chi connectivity index (χ3n) is 4.94. The summed E-state index contributed by atoms with van der Waals surface area (Å²) in [6.45, 7) is 0.785. The van der Waals surface area contributed by atoms with Crippen molar-refractivity contribution in [2.24, 2.45) is 0 Å². The Balaban J connectivity index is 1.64. The fraction of sp³-hybridized carbons (Fsp3) is 0.273. The first-order valence-corrected chi connectivity index (χ1v) is 10.3. The molecule has 0 atom stereocenters. The minimum Gasteiger partial charge on any atom is -0.496 e. The fourth-order valence-corrected chi connectivity index (χ4v) is 3.70. The molecule has 0 saturated carbocycles. The van der Waals surface area contributed by atoms with Gasteiger partial charge < -0.3 is 14.5 Å². The van der Waals surface area contributed by atoms with Gasteiger partial charge in [-0.1, -0.05) is 28.1 Å². The zero-order valence-electron chi connectivity index (χ0n) is 16.7. The SMILES string of the molecule is COc1ccc(Br)cc1/C=C/C(=O)N1CCN(C(=O)c2ccccc2C(F)(F)F)CC1. The molecule has 2 aromatic rings. The van der Waals surface area contributed by atoms with Crippen molar-refractivity contribution in [3.8, 4) is 5.75 Å². The lowest BCUT2D eigenvalue weighted by molar-refractivity contribution is -0.138. The maximum atomic E-state index is 13.2. The summed E-state index contributed by atoms with van der Waals surface area (Å²) >= 11 is 3.37. The molecule has 0 bridgehead atoms. The van der Waals surface area contributed by atoms with Crippen LogP contribution in [0, 0.1) is 0 Å². The van der Waals surface area contributed by atoms with Gasteiger partial charge in [-0.05, 0) is 36.4 Å². The Bertz CT molecular complexity index is 1000. The molecule has 1 aliphatic rings. The average molecular weight is 497 g/mol. The van der Waals surface area contributed by atoms with Gasteiger partial charge >= 0.3 is 6.18 Å². The molecular formula is C22H20BrF3N2O3. The van der Waals surface area contributed by atoms with Gasteiger partial charge in [0.25, 0.3) is 5.91 Å². The van der Waals surface area contributed by atoms with E-state index in [4.69, 9.17) is 4.74 Å². The van der Waals surface area contributed by atoms with E-state index < -0.39 is 17.6 Å². The zero-order chi connectivity index (χ0) is 22.6. The summed E-state index contributed by atoms with van der Waals surface area (Å²) < 4.78 is 45.7. The number of benzene rings is 2. The van der Waals surface area contributed by atoms with Crippen LogP contribution in [0.25, 0.3) is 6.08 Å². The number of carbonyl (C=O) groups excluding carboxylic acids is 2. The molecule has 0 aromatic heterocycles. The van der Waals surface area contributed by atoms with Gasteiger partial charge in [0, 0.05) is 42.3 Å². The number of amides is 2. The Kier molecular flexibility index (Phi) is 7.04. The Labute approximate surface area is 186 Å². The van der Waals surface area contributed by atoms with Crippen LogP contribution in [0.15, 0.2) is 53.0 Å². The number of rotatable bonds is 4. The third kappa shape index (κ3) is 5.46. The molecule has 164 valence electrons. The molecule has 1 aliphatic heterocycles. The van der Waals surface area contributed by atoms with Crippen molar-refractivity contribution in [3.63, 3.8) is 0 Å². The lowest BCUT2D eigenvalue weighted by Crippen LogP contribution is -2.50. The van der Waals surface area contributed by atoms with Gasteiger partial charge in [-0.25, -0.2) is 0 Å². The van der Waals surface area contributed by atoms with Crippen molar-refractivity contribution < 1.29 is 27.5 Å². The summed E-state index contributed by atoms with van der Waals surface area (Å²) in [4.78, 5) is 28.1. The molecule has 2 amide bonds. The van der Waals surface area contributed by atoms with Crippen molar-refractivity contribution in [1.82, 2.24) is 9.80 Å². The summed E-state index contributed by atoms with van der Waals surface area (Å²) in [6, 6.07) is 10.1. The summed E-state index contributed by atoms with van der Waals surface area (Å²) in [7, 11) is 1.54. The molecule has 1 fully saturated rings. The average Bonchev–Trinajstić information content (AvgIpc) is 2.76. The molecule has 5 nitrogen and oxygen atoms in total. The number of piperazine rings is 1. The minimum atomic E-state index is -4.61. The molecule has 0 aliphatic carbocycles. The van der Waals surface area contributed by atoms with Gasteiger partial charge in [0.15, 0.2) is 0 Å². The van der Waals surface area contributed by atoms with E-state index in [0.717, 1.165) is 16.1 Å². The van der Waals surface area contributed by atoms with Gasteiger partial charge in [-0.3, -0.25) is 9.59 Å². The molecule has 31 heavy (non-hydrogen) atoms. The van der Waals surface area contributed by atoms with Crippen LogP contribution in [0.1, 0.15) is 21.5 Å². The maximum Gasteiger partial charge on any atom is 0.417 e. The van der Waals surface area contributed by atoms with Crippen LogP contribution in [-0.4, -0.2) is 54.9 Å². The normalized spacial score (nSPS) is 14.7. The highest BCUT2D eigenvalue weighted by Crippen LogP contribution is 2.32. The zero-order valence-corrected chi connectivity index (χ0v) is 18.2. The van der Waals surface area contributed by atoms with Crippen LogP contribution in [0.5, 0.6) is 5.75 Å². The highest BCUT2D eigenvalue weighted by Gasteiger charge is 2.36. The molecule has 0 radical (unpaired) electrons. The van der Waals surface area contributed by atoms with Crippen LogP contribution in [0.4, 0.5) is 13.2 Å². The van der Waals surface area contributed by atoms with Crippen molar-refractivity contribution in [2.75, 3.05) is 33.3 Å². The molecule has 0 unspecified atom stereocenters. The Morgan fingerprint density at radius 1 is 1.03 bits per heavy atom. The van der Waals surface area contributed by atoms with E-state index in [1.54, 1.807) is 17.0 Å². The number of hydrogen-bond donors (Lipinski definition) is 0. The molecule has 1 saturated heterocycles. The maximum absolute atomic E-state index is 13.2. The number of hydrogen-bond acceptors (Lipinski definition) is 3. The lowest BCUT2D eigenvalue weighted by Gasteiger charge is -2.34. The van der Waals surface area contributed by atoms with E-state index >= 15 is 0 Å². The second-order valence-corrected chi connectivity index (χ2v) is 7.80. The molecule has 2 aromatic carbocycles. The second kappa shape index (κ2) is 9.55. The summed E-state index contributed by atoms with van der Waals surface area (Å²) in [5.74, 6) is -0.315. The van der Waals surface area contributed by atoms with Gasteiger partial charge in [0.05, 0.1) is 18.2 Å². The summed E-state index contributed by atoms with van der Waals surface area (Å²) in [6.07, 6.45) is -1.55.